The number of halogens is 1. The van der Waals surface area contributed by atoms with Gasteiger partial charge in [0.05, 0.1) is 26.4 Å². The third kappa shape index (κ3) is 6.21. The third-order valence-corrected chi connectivity index (χ3v) is 5.22. The van der Waals surface area contributed by atoms with Crippen LogP contribution in [0.2, 0.25) is 0 Å². The average molecular weight is 422 g/mol. The van der Waals surface area contributed by atoms with Crippen molar-refractivity contribution in [2.24, 2.45) is 0 Å². The summed E-state index contributed by atoms with van der Waals surface area (Å²) < 4.78 is 38.2. The molecule has 1 heterocycles. The second-order valence-electron chi connectivity index (χ2n) is 7.55. The topological polar surface area (TPSA) is 36.9 Å². The van der Waals surface area contributed by atoms with E-state index < -0.39 is 24.7 Å². The van der Waals surface area contributed by atoms with E-state index in [1.165, 1.54) is 0 Å². The van der Waals surface area contributed by atoms with Gasteiger partial charge in [-0.2, -0.15) is 0 Å². The maximum absolute atomic E-state index is 14.8. The van der Waals surface area contributed by atoms with Crippen molar-refractivity contribution >= 4 is 0 Å². The number of ether oxygens (including phenoxy) is 4. The fraction of sp³-hybridized carbons (Fsp3) is 0.308. The lowest BCUT2D eigenvalue weighted by Gasteiger charge is -2.23. The minimum atomic E-state index is -1.57. The van der Waals surface area contributed by atoms with Crippen molar-refractivity contribution in [1.29, 1.82) is 0 Å². The first-order valence-electron chi connectivity index (χ1n) is 10.5. The zero-order valence-corrected chi connectivity index (χ0v) is 17.3. The van der Waals surface area contributed by atoms with Crippen molar-refractivity contribution in [3.8, 4) is 0 Å². The summed E-state index contributed by atoms with van der Waals surface area (Å²) in [5, 5.41) is 0. The highest BCUT2D eigenvalue weighted by Gasteiger charge is 2.47. The number of benzene rings is 3. The molecule has 0 N–H and O–H groups in total. The molecule has 0 aliphatic carbocycles. The molecule has 4 atom stereocenters. The van der Waals surface area contributed by atoms with Gasteiger partial charge in [-0.25, -0.2) is 4.39 Å². The fourth-order valence-corrected chi connectivity index (χ4v) is 3.59. The highest BCUT2D eigenvalue weighted by molar-refractivity contribution is 5.15. The van der Waals surface area contributed by atoms with Crippen LogP contribution in [-0.4, -0.2) is 31.3 Å². The molecule has 5 heteroatoms. The molecule has 1 aliphatic heterocycles. The van der Waals surface area contributed by atoms with E-state index in [0.29, 0.717) is 13.2 Å². The summed E-state index contributed by atoms with van der Waals surface area (Å²) in [6.07, 6.45) is -3.53. The summed E-state index contributed by atoms with van der Waals surface area (Å²) in [6, 6.07) is 29.4. The van der Waals surface area contributed by atoms with Gasteiger partial charge < -0.3 is 18.9 Å². The van der Waals surface area contributed by atoms with Crippen LogP contribution in [0.15, 0.2) is 91.0 Å². The molecular formula is C26H27FO4. The van der Waals surface area contributed by atoms with Crippen molar-refractivity contribution in [3.63, 3.8) is 0 Å². The average Bonchev–Trinajstić information content (AvgIpc) is 3.12. The highest BCUT2D eigenvalue weighted by Crippen LogP contribution is 2.29. The Kier molecular flexibility index (Phi) is 7.80. The van der Waals surface area contributed by atoms with E-state index in [0.717, 1.165) is 16.7 Å². The van der Waals surface area contributed by atoms with Gasteiger partial charge in [0, 0.05) is 0 Å². The molecule has 3 aromatic carbocycles. The molecule has 0 spiro atoms. The van der Waals surface area contributed by atoms with Crippen molar-refractivity contribution in [1.82, 2.24) is 0 Å². The van der Waals surface area contributed by atoms with E-state index in [-0.39, 0.29) is 13.2 Å². The van der Waals surface area contributed by atoms with E-state index in [1.807, 2.05) is 91.0 Å². The maximum atomic E-state index is 14.8. The third-order valence-electron chi connectivity index (χ3n) is 5.22. The fourth-order valence-electron chi connectivity index (χ4n) is 3.59. The molecular weight excluding hydrogens is 395 g/mol. The molecule has 31 heavy (non-hydrogen) atoms. The monoisotopic (exact) mass is 422 g/mol. The summed E-state index contributed by atoms with van der Waals surface area (Å²) in [6.45, 7) is 1.29. The first-order valence-corrected chi connectivity index (χ1v) is 10.5. The molecule has 3 aromatic rings. The summed E-state index contributed by atoms with van der Waals surface area (Å²) >= 11 is 0. The Balaban J connectivity index is 1.39. The number of rotatable bonds is 10. The van der Waals surface area contributed by atoms with Gasteiger partial charge in [-0.05, 0) is 16.7 Å². The van der Waals surface area contributed by atoms with Crippen LogP contribution in [0.3, 0.4) is 0 Å². The molecule has 0 aromatic heterocycles. The number of alkyl halides is 1. The van der Waals surface area contributed by atoms with Crippen LogP contribution in [0.4, 0.5) is 4.39 Å². The van der Waals surface area contributed by atoms with Gasteiger partial charge in [0.1, 0.15) is 18.3 Å². The van der Waals surface area contributed by atoms with Crippen LogP contribution in [0.5, 0.6) is 0 Å². The minimum absolute atomic E-state index is 0.222. The summed E-state index contributed by atoms with van der Waals surface area (Å²) in [4.78, 5) is 0. The molecule has 0 bridgehead atoms. The van der Waals surface area contributed by atoms with Crippen LogP contribution >= 0.6 is 0 Å². The molecule has 1 aliphatic rings. The first-order chi connectivity index (χ1) is 15.3. The van der Waals surface area contributed by atoms with E-state index >= 15 is 0 Å². The maximum Gasteiger partial charge on any atom is 0.228 e. The van der Waals surface area contributed by atoms with Gasteiger partial charge in [0.25, 0.3) is 0 Å². The van der Waals surface area contributed by atoms with E-state index in [4.69, 9.17) is 18.9 Å². The number of hydrogen-bond donors (Lipinski definition) is 0. The van der Waals surface area contributed by atoms with Gasteiger partial charge >= 0.3 is 0 Å². The molecule has 162 valence electrons. The molecule has 0 radical (unpaired) electrons. The second-order valence-corrected chi connectivity index (χ2v) is 7.55. The zero-order chi connectivity index (χ0) is 21.3. The summed E-state index contributed by atoms with van der Waals surface area (Å²) in [5.41, 5.74) is 3.03. The van der Waals surface area contributed by atoms with Crippen molar-refractivity contribution < 1.29 is 23.3 Å². The van der Waals surface area contributed by atoms with Crippen LogP contribution in [0, 0.1) is 0 Å². The minimum Gasteiger partial charge on any atom is -0.374 e. The Morgan fingerprint density at radius 2 is 1.06 bits per heavy atom. The van der Waals surface area contributed by atoms with Crippen molar-refractivity contribution in [2.45, 2.75) is 44.5 Å². The van der Waals surface area contributed by atoms with Gasteiger partial charge in [0.2, 0.25) is 6.36 Å². The Morgan fingerprint density at radius 3 is 1.58 bits per heavy atom. The largest absolute Gasteiger partial charge is 0.374 e. The van der Waals surface area contributed by atoms with E-state index in [2.05, 4.69) is 0 Å². The number of hydrogen-bond acceptors (Lipinski definition) is 4. The zero-order valence-electron chi connectivity index (χ0n) is 17.3. The molecule has 2 unspecified atom stereocenters. The molecule has 4 rings (SSSR count). The lowest BCUT2D eigenvalue weighted by atomic mass is 10.1. The normalized spacial score (nSPS) is 23.1. The molecule has 4 nitrogen and oxygen atoms in total. The molecule has 1 saturated heterocycles. The van der Waals surface area contributed by atoms with Crippen LogP contribution in [-0.2, 0) is 38.8 Å². The standard InChI is InChI=1S/C26H27FO4/c27-26-25(30-18-22-14-8-3-9-15-22)24(29-17-21-12-6-2-7-13-21)23(31-26)19-28-16-20-10-4-1-5-11-20/h1-15,23-26H,16-19H2/t23-,24?,25?,26-/m1/s1. The Labute approximate surface area is 182 Å². The summed E-state index contributed by atoms with van der Waals surface area (Å²) in [5.74, 6) is 0. The first kappa shape index (κ1) is 21.7. The van der Waals surface area contributed by atoms with Crippen LogP contribution in [0.1, 0.15) is 16.7 Å². The van der Waals surface area contributed by atoms with E-state index in [9.17, 15) is 4.39 Å². The predicted molar refractivity (Wildman–Crippen MR) is 116 cm³/mol. The Bertz CT molecular complexity index is 891. The highest BCUT2D eigenvalue weighted by atomic mass is 19.1. The Morgan fingerprint density at radius 1 is 0.613 bits per heavy atom. The molecule has 0 saturated carbocycles. The van der Waals surface area contributed by atoms with Crippen molar-refractivity contribution in [2.75, 3.05) is 6.61 Å². The summed E-state index contributed by atoms with van der Waals surface area (Å²) in [7, 11) is 0. The Hall–Kier alpha value is -2.57. The van der Waals surface area contributed by atoms with Crippen LogP contribution < -0.4 is 0 Å². The molecule has 0 amide bonds. The van der Waals surface area contributed by atoms with Gasteiger partial charge in [0.15, 0.2) is 0 Å². The lowest BCUT2D eigenvalue weighted by Crippen LogP contribution is -2.38. The second kappa shape index (κ2) is 11.2. The quantitative estimate of drug-likeness (QED) is 0.457. The van der Waals surface area contributed by atoms with Gasteiger partial charge in [-0.15, -0.1) is 0 Å². The van der Waals surface area contributed by atoms with Gasteiger partial charge in [-0.1, -0.05) is 91.0 Å². The van der Waals surface area contributed by atoms with Crippen molar-refractivity contribution in [3.05, 3.63) is 108 Å². The van der Waals surface area contributed by atoms with E-state index in [1.54, 1.807) is 0 Å². The SMILES string of the molecule is F[C@@H]1O[C@H](COCc2ccccc2)C(OCc2ccccc2)C1OCc1ccccc1. The smallest absolute Gasteiger partial charge is 0.228 e. The molecule has 1 fully saturated rings. The van der Waals surface area contributed by atoms with Crippen LogP contribution in [0.25, 0.3) is 0 Å². The van der Waals surface area contributed by atoms with Gasteiger partial charge in [-0.3, -0.25) is 0 Å². The lowest BCUT2D eigenvalue weighted by molar-refractivity contribution is -0.110. The predicted octanol–water partition coefficient (Wildman–Crippen LogP) is 5.07.